The number of benzene rings is 2. The molecule has 8 nitrogen and oxygen atoms in total. The first-order chi connectivity index (χ1) is 15.6. The molecule has 0 unspecified atom stereocenters. The molecule has 0 radical (unpaired) electrons. The molecule has 0 N–H and O–H groups in total. The van der Waals surface area contributed by atoms with Gasteiger partial charge in [0.1, 0.15) is 6.04 Å². The van der Waals surface area contributed by atoms with Crippen LogP contribution in [0.25, 0.3) is 6.08 Å². The van der Waals surface area contributed by atoms with Gasteiger partial charge in [-0.1, -0.05) is 51.1 Å². The number of hydrogen-bond donors (Lipinski definition) is 0. The number of nitro benzene ring substituents is 1. The van der Waals surface area contributed by atoms with E-state index in [0.29, 0.717) is 0 Å². The minimum absolute atomic E-state index is 0.119. The van der Waals surface area contributed by atoms with Crippen LogP contribution in [-0.2, 0) is 14.4 Å². The Labute approximate surface area is 190 Å². The third-order valence-corrected chi connectivity index (χ3v) is 6.77. The minimum Gasteiger partial charge on any atom is -0.359 e. The lowest BCUT2D eigenvalue weighted by molar-refractivity contribution is -0.384. The summed E-state index contributed by atoms with van der Waals surface area (Å²) in [6.45, 7) is 5.41. The van der Waals surface area contributed by atoms with Gasteiger partial charge in [-0.15, -0.1) is 0 Å². The Balaban J connectivity index is 1.66. The monoisotopic (exact) mass is 445 g/mol. The number of amides is 2. The Morgan fingerprint density at radius 2 is 1.70 bits per heavy atom. The molecule has 3 aliphatic heterocycles. The summed E-state index contributed by atoms with van der Waals surface area (Å²) in [6.07, 6.45) is 3.72. The highest BCUT2D eigenvalue weighted by Gasteiger charge is 2.65. The van der Waals surface area contributed by atoms with Gasteiger partial charge in [0, 0.05) is 23.7 Å². The Morgan fingerprint density at radius 3 is 2.39 bits per heavy atom. The van der Waals surface area contributed by atoms with Crippen molar-refractivity contribution < 1.29 is 19.3 Å². The molecule has 3 aliphatic rings. The van der Waals surface area contributed by atoms with Crippen LogP contribution in [-0.4, -0.2) is 33.5 Å². The highest BCUT2D eigenvalue weighted by atomic mass is 16.6. The average Bonchev–Trinajstić information content (AvgIpc) is 3.25. The van der Waals surface area contributed by atoms with Gasteiger partial charge in [-0.3, -0.25) is 24.5 Å². The van der Waals surface area contributed by atoms with Crippen molar-refractivity contribution in [3.63, 3.8) is 0 Å². The zero-order chi connectivity index (χ0) is 23.7. The van der Waals surface area contributed by atoms with E-state index in [9.17, 15) is 24.5 Å². The third-order valence-electron chi connectivity index (χ3n) is 6.77. The molecule has 0 saturated carbocycles. The number of nitro groups is 1. The second kappa shape index (κ2) is 7.10. The van der Waals surface area contributed by atoms with E-state index in [-0.39, 0.29) is 17.2 Å². The lowest BCUT2D eigenvalue weighted by atomic mass is 9.79. The van der Waals surface area contributed by atoms with Crippen LogP contribution < -0.4 is 4.90 Å². The van der Waals surface area contributed by atoms with E-state index >= 15 is 0 Å². The highest BCUT2D eigenvalue weighted by Crippen LogP contribution is 2.54. The number of ketones is 1. The van der Waals surface area contributed by atoms with Gasteiger partial charge in [-0.25, -0.2) is 4.90 Å². The zero-order valence-corrected chi connectivity index (χ0v) is 18.5. The summed E-state index contributed by atoms with van der Waals surface area (Å²) in [6, 6.07) is 11.9. The number of rotatable bonds is 3. The summed E-state index contributed by atoms with van der Waals surface area (Å²) in [5, 5.41) is 11.3. The number of non-ortho nitro benzene ring substituents is 1. The lowest BCUT2D eigenvalue weighted by Crippen LogP contribution is -2.47. The van der Waals surface area contributed by atoms with E-state index < -0.39 is 46.1 Å². The average molecular weight is 445 g/mol. The molecule has 2 aromatic carbocycles. The van der Waals surface area contributed by atoms with E-state index in [1.54, 1.807) is 20.8 Å². The largest absolute Gasteiger partial charge is 0.359 e. The van der Waals surface area contributed by atoms with Gasteiger partial charge in [-0.2, -0.15) is 0 Å². The van der Waals surface area contributed by atoms with Crippen molar-refractivity contribution in [3.8, 4) is 0 Å². The predicted molar refractivity (Wildman–Crippen MR) is 121 cm³/mol. The summed E-state index contributed by atoms with van der Waals surface area (Å²) in [7, 11) is 0. The fourth-order valence-corrected chi connectivity index (χ4v) is 5.30. The van der Waals surface area contributed by atoms with Crippen LogP contribution in [0.5, 0.6) is 0 Å². The maximum Gasteiger partial charge on any atom is 0.271 e. The van der Waals surface area contributed by atoms with Gasteiger partial charge in [-0.05, 0) is 23.3 Å². The van der Waals surface area contributed by atoms with Crippen molar-refractivity contribution >= 4 is 35.0 Å². The SMILES string of the molecule is CC(C)(C)C(=O)[C@@H]1[C@@H]2C(=O)N(c3cccc([N+](=O)[O-])c3)C(=O)[C@@H]2[C@H]2c3ccccc3C=CN12. The number of anilines is 1. The first kappa shape index (κ1) is 21.1. The fourth-order valence-electron chi connectivity index (χ4n) is 5.30. The molecule has 0 aliphatic carbocycles. The van der Waals surface area contributed by atoms with Crippen LogP contribution in [0.15, 0.2) is 54.7 Å². The van der Waals surface area contributed by atoms with Crippen molar-refractivity contribution in [1.82, 2.24) is 4.90 Å². The topological polar surface area (TPSA) is 101 Å². The van der Waals surface area contributed by atoms with Gasteiger partial charge < -0.3 is 4.90 Å². The van der Waals surface area contributed by atoms with Crippen molar-refractivity contribution in [2.75, 3.05) is 4.90 Å². The quantitative estimate of drug-likeness (QED) is 0.405. The third kappa shape index (κ3) is 3.01. The van der Waals surface area contributed by atoms with Crippen molar-refractivity contribution in [1.29, 1.82) is 0 Å². The fraction of sp³-hybridized carbons (Fsp3) is 0.320. The summed E-state index contributed by atoms with van der Waals surface area (Å²) in [5.74, 6) is -2.68. The summed E-state index contributed by atoms with van der Waals surface area (Å²) in [5.41, 5.74) is 1.05. The molecule has 0 aromatic heterocycles. The Morgan fingerprint density at radius 1 is 1.00 bits per heavy atom. The number of hydrogen-bond acceptors (Lipinski definition) is 6. The van der Waals surface area contributed by atoms with E-state index in [1.165, 1.54) is 24.3 Å². The van der Waals surface area contributed by atoms with E-state index in [2.05, 4.69) is 0 Å². The maximum atomic E-state index is 13.7. The van der Waals surface area contributed by atoms with Gasteiger partial charge in [0.2, 0.25) is 11.8 Å². The standard InChI is InChI=1S/C25H23N3O5/c1-25(2,3)22(29)21-19-18(20-17-10-5-4-7-14(17)11-12-26(20)21)23(30)27(24(19)31)15-8-6-9-16(13-15)28(32)33/h4-13,18-21H,1-3H3/t18-,19+,20+,21-/m0/s1. The second-order valence-electron chi connectivity index (χ2n) is 9.74. The molecule has 33 heavy (non-hydrogen) atoms. The second-order valence-corrected chi connectivity index (χ2v) is 9.74. The molecule has 2 amide bonds. The summed E-state index contributed by atoms with van der Waals surface area (Å²) in [4.78, 5) is 54.6. The first-order valence-corrected chi connectivity index (χ1v) is 10.8. The Bertz CT molecular complexity index is 1240. The molecule has 3 heterocycles. The van der Waals surface area contributed by atoms with Gasteiger partial charge in [0.15, 0.2) is 5.78 Å². The lowest BCUT2D eigenvalue weighted by Gasteiger charge is -2.37. The minimum atomic E-state index is -0.871. The Hall–Kier alpha value is -3.81. The molecule has 0 bridgehead atoms. The number of carbonyl (C=O) groups is 3. The van der Waals surface area contributed by atoms with Crippen molar-refractivity contribution in [2.45, 2.75) is 32.9 Å². The molecule has 2 saturated heterocycles. The molecule has 8 heteroatoms. The summed E-state index contributed by atoms with van der Waals surface area (Å²) >= 11 is 0. The molecule has 2 aromatic rings. The number of Topliss-reactive ketones (excluding diaryl/α,β-unsaturated/α-hetero) is 1. The molecule has 2 fully saturated rings. The van der Waals surface area contributed by atoms with Crippen LogP contribution in [0.1, 0.15) is 37.9 Å². The molecule has 5 rings (SSSR count). The van der Waals surface area contributed by atoms with Gasteiger partial charge in [0.25, 0.3) is 5.69 Å². The van der Waals surface area contributed by atoms with Crippen LogP contribution in [0.3, 0.4) is 0 Å². The normalized spacial score (nSPS) is 25.7. The maximum absolute atomic E-state index is 13.7. The van der Waals surface area contributed by atoms with Crippen molar-refractivity contribution in [2.24, 2.45) is 17.3 Å². The van der Waals surface area contributed by atoms with Crippen molar-refractivity contribution in [3.05, 3.63) is 76.0 Å². The smallest absolute Gasteiger partial charge is 0.271 e. The van der Waals surface area contributed by atoms with E-state index in [1.807, 2.05) is 41.4 Å². The van der Waals surface area contributed by atoms with Crippen LogP contribution >= 0.6 is 0 Å². The van der Waals surface area contributed by atoms with E-state index in [0.717, 1.165) is 16.0 Å². The van der Waals surface area contributed by atoms with Gasteiger partial charge >= 0.3 is 0 Å². The molecular weight excluding hydrogens is 422 g/mol. The highest BCUT2D eigenvalue weighted by molar-refractivity contribution is 6.24. The predicted octanol–water partition coefficient (Wildman–Crippen LogP) is 3.73. The molecule has 168 valence electrons. The Kier molecular flexibility index (Phi) is 4.53. The number of carbonyl (C=O) groups excluding carboxylic acids is 3. The molecular formula is C25H23N3O5. The number of imide groups is 1. The van der Waals surface area contributed by atoms with Crippen LogP contribution in [0.4, 0.5) is 11.4 Å². The zero-order valence-electron chi connectivity index (χ0n) is 18.5. The first-order valence-electron chi connectivity index (χ1n) is 10.8. The molecule has 4 atom stereocenters. The number of fused-ring (bicyclic) bond motifs is 5. The van der Waals surface area contributed by atoms with Crippen LogP contribution in [0.2, 0.25) is 0 Å². The van der Waals surface area contributed by atoms with Crippen LogP contribution in [0, 0.1) is 27.4 Å². The number of nitrogens with zero attached hydrogens (tertiary/aromatic N) is 3. The summed E-state index contributed by atoms with van der Waals surface area (Å²) < 4.78 is 0. The van der Waals surface area contributed by atoms with E-state index in [4.69, 9.17) is 0 Å². The van der Waals surface area contributed by atoms with Gasteiger partial charge in [0.05, 0.1) is 28.5 Å². The molecule has 0 spiro atoms.